The van der Waals surface area contributed by atoms with E-state index in [1.165, 1.54) is 6.92 Å². The second-order valence-electron chi connectivity index (χ2n) is 9.07. The minimum absolute atomic E-state index is 0.0159. The van der Waals surface area contributed by atoms with Crippen molar-refractivity contribution in [1.29, 1.82) is 0 Å². The van der Waals surface area contributed by atoms with Crippen LogP contribution in [-0.4, -0.2) is 29.4 Å². The maximum Gasteiger partial charge on any atom is 0.306 e. The number of ketones is 1. The SMILES string of the molecule is CC(=O)OC1CCC2(C)C(=CC(=O)C3C4CCC(=O)OC4(C)CCC32)C1. The number of fused-ring (bicyclic) bond motifs is 5. The Morgan fingerprint density at radius 3 is 2.65 bits per heavy atom. The van der Waals surface area contributed by atoms with Crippen LogP contribution in [0.5, 0.6) is 0 Å². The van der Waals surface area contributed by atoms with E-state index in [0.29, 0.717) is 18.8 Å². The number of ether oxygens (including phenoxy) is 2. The fourth-order valence-corrected chi connectivity index (χ4v) is 6.23. The topological polar surface area (TPSA) is 69.7 Å². The van der Waals surface area contributed by atoms with Crippen LogP contribution in [0.25, 0.3) is 0 Å². The first-order valence-electron chi connectivity index (χ1n) is 9.87. The zero-order chi connectivity index (χ0) is 18.7. The Morgan fingerprint density at radius 1 is 1.15 bits per heavy atom. The number of esters is 2. The summed E-state index contributed by atoms with van der Waals surface area (Å²) in [5.74, 6) is 0.155. The Bertz CT molecular complexity index is 695. The van der Waals surface area contributed by atoms with E-state index in [0.717, 1.165) is 37.7 Å². The van der Waals surface area contributed by atoms with Gasteiger partial charge in [0.1, 0.15) is 11.7 Å². The van der Waals surface area contributed by atoms with E-state index in [1.54, 1.807) is 0 Å². The lowest BCUT2D eigenvalue weighted by atomic mass is 9.48. The minimum atomic E-state index is -0.497. The first-order chi connectivity index (χ1) is 12.2. The van der Waals surface area contributed by atoms with Gasteiger partial charge < -0.3 is 9.47 Å². The molecule has 5 nitrogen and oxygen atoms in total. The second kappa shape index (κ2) is 5.93. The van der Waals surface area contributed by atoms with Crippen molar-refractivity contribution >= 4 is 17.7 Å². The lowest BCUT2D eigenvalue weighted by Crippen LogP contribution is -2.58. The molecule has 6 unspecified atom stereocenters. The Kier molecular flexibility index (Phi) is 4.05. The molecule has 4 aliphatic rings. The number of carbonyl (C=O) groups excluding carboxylic acids is 3. The van der Waals surface area contributed by atoms with Gasteiger partial charge in [0.05, 0.1) is 0 Å². The van der Waals surface area contributed by atoms with Gasteiger partial charge >= 0.3 is 11.9 Å². The van der Waals surface area contributed by atoms with Crippen LogP contribution >= 0.6 is 0 Å². The lowest BCUT2D eigenvalue weighted by Gasteiger charge is -2.58. The molecule has 1 saturated heterocycles. The van der Waals surface area contributed by atoms with Crippen molar-refractivity contribution in [3.63, 3.8) is 0 Å². The average Bonchev–Trinajstić information content (AvgIpc) is 2.54. The summed E-state index contributed by atoms with van der Waals surface area (Å²) in [6.07, 6.45) is 7.07. The molecule has 0 amide bonds. The first-order valence-corrected chi connectivity index (χ1v) is 9.87. The molecule has 0 aromatic heterocycles. The van der Waals surface area contributed by atoms with Crippen molar-refractivity contribution < 1.29 is 23.9 Å². The minimum Gasteiger partial charge on any atom is -0.462 e. The Balaban J connectivity index is 1.65. The van der Waals surface area contributed by atoms with Crippen LogP contribution < -0.4 is 0 Å². The van der Waals surface area contributed by atoms with Gasteiger partial charge in [-0.15, -0.1) is 0 Å². The average molecular weight is 360 g/mol. The highest BCUT2D eigenvalue weighted by molar-refractivity contribution is 5.94. The summed E-state index contributed by atoms with van der Waals surface area (Å²) >= 11 is 0. The third kappa shape index (κ3) is 2.62. The van der Waals surface area contributed by atoms with Crippen molar-refractivity contribution in [1.82, 2.24) is 0 Å². The quantitative estimate of drug-likeness (QED) is 0.671. The summed E-state index contributed by atoms with van der Waals surface area (Å²) in [7, 11) is 0. The number of hydrogen-bond donors (Lipinski definition) is 0. The predicted octanol–water partition coefficient (Wildman–Crippen LogP) is 3.36. The third-order valence-corrected chi connectivity index (χ3v) is 7.57. The highest BCUT2D eigenvalue weighted by Gasteiger charge is 2.59. The molecule has 0 aromatic carbocycles. The molecule has 2 saturated carbocycles. The smallest absolute Gasteiger partial charge is 0.306 e. The Hall–Kier alpha value is -1.65. The zero-order valence-corrected chi connectivity index (χ0v) is 15.9. The molecule has 3 aliphatic carbocycles. The van der Waals surface area contributed by atoms with Crippen LogP contribution in [0, 0.1) is 23.2 Å². The summed E-state index contributed by atoms with van der Waals surface area (Å²) in [6, 6.07) is 0. The van der Waals surface area contributed by atoms with E-state index in [2.05, 4.69) is 6.92 Å². The summed E-state index contributed by atoms with van der Waals surface area (Å²) in [5, 5.41) is 0. The highest BCUT2D eigenvalue weighted by atomic mass is 16.6. The van der Waals surface area contributed by atoms with Gasteiger partial charge in [-0.05, 0) is 56.4 Å². The molecule has 5 heteroatoms. The summed E-state index contributed by atoms with van der Waals surface area (Å²) in [5.41, 5.74) is 0.638. The molecular formula is C21H28O5. The standard InChI is InChI=1S/C21H28O5/c1-12(22)25-14-6-8-20(2)13(10-14)11-17(23)19-15(20)7-9-21(3)16(19)4-5-18(24)26-21/h11,14-16,19H,4-10H2,1-3H3. The van der Waals surface area contributed by atoms with Crippen LogP contribution in [0.15, 0.2) is 11.6 Å². The molecule has 1 heterocycles. The number of carbonyl (C=O) groups is 3. The summed E-state index contributed by atoms with van der Waals surface area (Å²) in [6.45, 7) is 5.73. The Morgan fingerprint density at radius 2 is 1.92 bits per heavy atom. The number of hydrogen-bond acceptors (Lipinski definition) is 5. The molecule has 3 fully saturated rings. The van der Waals surface area contributed by atoms with Gasteiger partial charge in [-0.3, -0.25) is 14.4 Å². The molecule has 4 rings (SSSR count). The van der Waals surface area contributed by atoms with Crippen LogP contribution in [0.3, 0.4) is 0 Å². The van der Waals surface area contributed by atoms with E-state index < -0.39 is 5.60 Å². The molecule has 0 radical (unpaired) electrons. The molecule has 26 heavy (non-hydrogen) atoms. The van der Waals surface area contributed by atoms with Gasteiger partial charge in [0, 0.05) is 31.6 Å². The van der Waals surface area contributed by atoms with Crippen molar-refractivity contribution in [2.75, 3.05) is 0 Å². The zero-order valence-electron chi connectivity index (χ0n) is 15.9. The Labute approximate surface area is 154 Å². The van der Waals surface area contributed by atoms with Crippen molar-refractivity contribution in [3.05, 3.63) is 11.6 Å². The molecule has 0 N–H and O–H groups in total. The van der Waals surface area contributed by atoms with Crippen molar-refractivity contribution in [3.8, 4) is 0 Å². The predicted molar refractivity (Wildman–Crippen MR) is 94.0 cm³/mol. The van der Waals surface area contributed by atoms with Gasteiger partial charge in [0.15, 0.2) is 5.78 Å². The first kappa shape index (κ1) is 17.7. The molecular weight excluding hydrogens is 332 g/mol. The third-order valence-electron chi connectivity index (χ3n) is 7.57. The second-order valence-corrected chi connectivity index (χ2v) is 9.07. The highest BCUT2D eigenvalue weighted by Crippen LogP contribution is 2.60. The van der Waals surface area contributed by atoms with Gasteiger partial charge in [0.2, 0.25) is 0 Å². The van der Waals surface area contributed by atoms with E-state index >= 15 is 0 Å². The van der Waals surface area contributed by atoms with Crippen LogP contribution in [-0.2, 0) is 23.9 Å². The molecule has 142 valence electrons. The molecule has 1 aliphatic heterocycles. The van der Waals surface area contributed by atoms with Crippen LogP contribution in [0.2, 0.25) is 0 Å². The number of rotatable bonds is 1. The van der Waals surface area contributed by atoms with Gasteiger partial charge in [-0.25, -0.2) is 0 Å². The fraction of sp³-hybridized carbons (Fsp3) is 0.762. The molecule has 0 aromatic rings. The van der Waals surface area contributed by atoms with Crippen LogP contribution in [0.1, 0.15) is 65.7 Å². The van der Waals surface area contributed by atoms with Crippen molar-refractivity contribution in [2.24, 2.45) is 23.2 Å². The van der Waals surface area contributed by atoms with Crippen LogP contribution in [0.4, 0.5) is 0 Å². The van der Waals surface area contributed by atoms with Gasteiger partial charge in [-0.2, -0.15) is 0 Å². The lowest BCUT2D eigenvalue weighted by molar-refractivity contribution is -0.194. The van der Waals surface area contributed by atoms with E-state index in [9.17, 15) is 14.4 Å². The van der Waals surface area contributed by atoms with Gasteiger partial charge in [-0.1, -0.05) is 12.5 Å². The maximum absolute atomic E-state index is 13.1. The summed E-state index contributed by atoms with van der Waals surface area (Å²) < 4.78 is 11.2. The van der Waals surface area contributed by atoms with Crippen molar-refractivity contribution in [2.45, 2.75) is 77.4 Å². The maximum atomic E-state index is 13.1. The molecule has 6 atom stereocenters. The van der Waals surface area contributed by atoms with E-state index in [1.807, 2.05) is 13.0 Å². The normalized spacial score (nSPS) is 44.8. The monoisotopic (exact) mass is 360 g/mol. The number of allylic oxidation sites excluding steroid dienone is 1. The largest absolute Gasteiger partial charge is 0.462 e. The molecule has 0 bridgehead atoms. The summed E-state index contributed by atoms with van der Waals surface area (Å²) in [4.78, 5) is 36.2. The van der Waals surface area contributed by atoms with E-state index in [4.69, 9.17) is 9.47 Å². The molecule has 0 spiro atoms. The van der Waals surface area contributed by atoms with E-state index in [-0.39, 0.29) is 41.1 Å². The fourth-order valence-electron chi connectivity index (χ4n) is 6.23. The van der Waals surface area contributed by atoms with Gasteiger partial charge in [0.25, 0.3) is 0 Å².